The molecular formula is C20H30O2. The van der Waals surface area contributed by atoms with Gasteiger partial charge in [0.15, 0.2) is 5.78 Å². The second-order valence-corrected chi connectivity index (χ2v) is 9.11. The largest absolute Gasteiger partial charge is 0.390 e. The molecule has 3 fully saturated rings. The average molecular weight is 302 g/mol. The second-order valence-electron chi connectivity index (χ2n) is 9.11. The Kier molecular flexibility index (Phi) is 3.18. The Labute approximate surface area is 134 Å². The lowest BCUT2D eigenvalue weighted by Gasteiger charge is -2.55. The van der Waals surface area contributed by atoms with Crippen molar-refractivity contribution in [2.45, 2.75) is 71.3 Å². The molecule has 0 aliphatic heterocycles. The van der Waals surface area contributed by atoms with Crippen molar-refractivity contribution >= 4 is 5.78 Å². The van der Waals surface area contributed by atoms with Crippen LogP contribution in [0.5, 0.6) is 0 Å². The molecule has 2 heteroatoms. The second kappa shape index (κ2) is 4.69. The number of carbonyl (C=O) groups is 1. The fourth-order valence-electron chi connectivity index (χ4n) is 6.60. The molecule has 1 N–H and O–H groups in total. The lowest BCUT2D eigenvalue weighted by Crippen LogP contribution is -2.51. The van der Waals surface area contributed by atoms with Gasteiger partial charge in [0.05, 0.1) is 5.60 Å². The van der Waals surface area contributed by atoms with E-state index >= 15 is 0 Å². The minimum atomic E-state index is -0.478. The Hall–Kier alpha value is -0.630. The third-order valence-corrected chi connectivity index (χ3v) is 8.23. The maximum atomic E-state index is 12.0. The van der Waals surface area contributed by atoms with E-state index in [1.807, 2.05) is 6.08 Å². The van der Waals surface area contributed by atoms with Crippen LogP contribution in [0.2, 0.25) is 0 Å². The van der Waals surface area contributed by atoms with E-state index in [2.05, 4.69) is 20.8 Å². The fourth-order valence-corrected chi connectivity index (χ4v) is 6.60. The molecule has 22 heavy (non-hydrogen) atoms. The predicted octanol–water partition coefficient (Wildman–Crippen LogP) is 4.13. The molecule has 0 aromatic carbocycles. The zero-order valence-corrected chi connectivity index (χ0v) is 14.3. The lowest BCUT2D eigenvalue weighted by molar-refractivity contribution is -0.121. The van der Waals surface area contributed by atoms with E-state index in [-0.39, 0.29) is 11.3 Å². The summed E-state index contributed by atoms with van der Waals surface area (Å²) in [5.41, 5.74) is 1.10. The first-order valence-electron chi connectivity index (χ1n) is 9.30. The average Bonchev–Trinajstić information content (AvgIpc) is 2.71. The highest BCUT2D eigenvalue weighted by Crippen LogP contribution is 2.64. The highest BCUT2D eigenvalue weighted by Gasteiger charge is 2.60. The van der Waals surface area contributed by atoms with Gasteiger partial charge in [-0.2, -0.15) is 0 Å². The number of allylic oxidation sites excluding steroid dienone is 1. The van der Waals surface area contributed by atoms with Crippen molar-refractivity contribution < 1.29 is 9.90 Å². The fraction of sp³-hybridized carbons (Fsp3) is 0.850. The van der Waals surface area contributed by atoms with Crippen LogP contribution in [0.4, 0.5) is 0 Å². The number of rotatable bonds is 0. The predicted molar refractivity (Wildman–Crippen MR) is 87.3 cm³/mol. The summed E-state index contributed by atoms with van der Waals surface area (Å²) in [6.45, 7) is 6.52. The Bertz CT molecular complexity index is 532. The van der Waals surface area contributed by atoms with Crippen molar-refractivity contribution in [1.29, 1.82) is 0 Å². The van der Waals surface area contributed by atoms with Gasteiger partial charge >= 0.3 is 0 Å². The molecular weight excluding hydrogens is 272 g/mol. The summed E-state index contributed by atoms with van der Waals surface area (Å²) in [5, 5.41) is 10.9. The summed E-state index contributed by atoms with van der Waals surface area (Å²) in [5.74, 6) is 3.46. The van der Waals surface area contributed by atoms with Crippen LogP contribution in [-0.2, 0) is 4.79 Å². The standard InChI is InChI=1S/C20H30O2/c1-12-10-16-13(11-18(12)21)4-5-15-14(16)6-8-19(2)17(15)7-9-20(19,3)22/h11-12,14-17,22H,4-10H2,1-3H3/t12-,14+,15-,16-,17-,19-,20+/m1/s1. The van der Waals surface area contributed by atoms with E-state index in [1.165, 1.54) is 24.8 Å². The molecule has 0 radical (unpaired) electrons. The summed E-state index contributed by atoms with van der Waals surface area (Å²) in [6, 6.07) is 0. The molecule has 0 aromatic heterocycles. The van der Waals surface area contributed by atoms with Crippen molar-refractivity contribution in [1.82, 2.24) is 0 Å². The van der Waals surface area contributed by atoms with E-state index in [1.54, 1.807) is 0 Å². The van der Waals surface area contributed by atoms with Crippen molar-refractivity contribution in [2.75, 3.05) is 0 Å². The van der Waals surface area contributed by atoms with E-state index in [0.717, 1.165) is 37.5 Å². The van der Waals surface area contributed by atoms with Gasteiger partial charge in [-0.05, 0) is 87.0 Å². The molecule has 0 heterocycles. The van der Waals surface area contributed by atoms with Gasteiger partial charge in [0.2, 0.25) is 0 Å². The Morgan fingerprint density at radius 2 is 1.91 bits per heavy atom. The van der Waals surface area contributed by atoms with Gasteiger partial charge in [-0.1, -0.05) is 19.4 Å². The summed E-state index contributed by atoms with van der Waals surface area (Å²) < 4.78 is 0. The van der Waals surface area contributed by atoms with E-state index in [0.29, 0.717) is 17.6 Å². The third-order valence-electron chi connectivity index (χ3n) is 8.23. The molecule has 122 valence electrons. The van der Waals surface area contributed by atoms with E-state index < -0.39 is 5.60 Å². The molecule has 3 saturated carbocycles. The number of carbonyl (C=O) groups excluding carboxylic acids is 1. The normalized spacial score (nSPS) is 54.3. The van der Waals surface area contributed by atoms with Crippen LogP contribution >= 0.6 is 0 Å². The highest BCUT2D eigenvalue weighted by atomic mass is 16.3. The van der Waals surface area contributed by atoms with Gasteiger partial charge < -0.3 is 5.11 Å². The Morgan fingerprint density at radius 1 is 1.14 bits per heavy atom. The molecule has 0 saturated heterocycles. The molecule has 0 spiro atoms. The van der Waals surface area contributed by atoms with Gasteiger partial charge in [0.1, 0.15) is 0 Å². The molecule has 2 nitrogen and oxygen atoms in total. The first-order chi connectivity index (χ1) is 10.3. The van der Waals surface area contributed by atoms with Crippen LogP contribution in [0.3, 0.4) is 0 Å². The minimum absolute atomic E-state index is 0.117. The van der Waals surface area contributed by atoms with Crippen LogP contribution < -0.4 is 0 Å². The SMILES string of the molecule is C[C@@H]1C[C@@H]2C(=CC1=O)CC[C@@H]1[C@@H]2CC[C@]2(C)[C@@H]1CC[C@]2(C)O. The number of fused-ring (bicyclic) bond motifs is 5. The maximum Gasteiger partial charge on any atom is 0.158 e. The molecule has 0 unspecified atom stereocenters. The zero-order valence-electron chi connectivity index (χ0n) is 14.3. The first kappa shape index (κ1) is 14.9. The maximum absolute atomic E-state index is 12.0. The van der Waals surface area contributed by atoms with Crippen LogP contribution in [0.15, 0.2) is 11.6 Å². The van der Waals surface area contributed by atoms with E-state index in [4.69, 9.17) is 0 Å². The Balaban J connectivity index is 1.65. The summed E-state index contributed by atoms with van der Waals surface area (Å²) in [6.07, 6.45) is 10.0. The van der Waals surface area contributed by atoms with Crippen LogP contribution in [0.1, 0.15) is 65.7 Å². The monoisotopic (exact) mass is 302 g/mol. The molecule has 4 aliphatic rings. The van der Waals surface area contributed by atoms with Crippen molar-refractivity contribution in [3.8, 4) is 0 Å². The van der Waals surface area contributed by atoms with Gasteiger partial charge in [-0.3, -0.25) is 4.79 Å². The quantitative estimate of drug-likeness (QED) is 0.730. The smallest absolute Gasteiger partial charge is 0.158 e. The van der Waals surface area contributed by atoms with E-state index in [9.17, 15) is 9.90 Å². The lowest BCUT2D eigenvalue weighted by atomic mass is 9.50. The summed E-state index contributed by atoms with van der Waals surface area (Å²) in [4.78, 5) is 12.0. The van der Waals surface area contributed by atoms with Gasteiger partial charge in [-0.25, -0.2) is 0 Å². The van der Waals surface area contributed by atoms with Gasteiger partial charge in [0.25, 0.3) is 0 Å². The van der Waals surface area contributed by atoms with Gasteiger partial charge in [0, 0.05) is 5.92 Å². The number of ketones is 1. The number of aliphatic hydroxyl groups is 1. The summed E-state index contributed by atoms with van der Waals surface area (Å²) >= 11 is 0. The van der Waals surface area contributed by atoms with Gasteiger partial charge in [-0.15, -0.1) is 0 Å². The number of hydrogen-bond donors (Lipinski definition) is 1. The van der Waals surface area contributed by atoms with Crippen molar-refractivity contribution in [3.05, 3.63) is 11.6 Å². The zero-order chi connectivity index (χ0) is 15.7. The van der Waals surface area contributed by atoms with Crippen LogP contribution in [0.25, 0.3) is 0 Å². The molecule has 7 atom stereocenters. The van der Waals surface area contributed by atoms with Crippen molar-refractivity contribution in [2.24, 2.45) is 35.0 Å². The molecule has 0 aromatic rings. The minimum Gasteiger partial charge on any atom is -0.390 e. The third kappa shape index (κ3) is 1.85. The van der Waals surface area contributed by atoms with Crippen molar-refractivity contribution in [3.63, 3.8) is 0 Å². The first-order valence-corrected chi connectivity index (χ1v) is 9.30. The van der Waals surface area contributed by atoms with Crippen LogP contribution in [-0.4, -0.2) is 16.5 Å². The topological polar surface area (TPSA) is 37.3 Å². The Morgan fingerprint density at radius 3 is 2.68 bits per heavy atom. The summed E-state index contributed by atoms with van der Waals surface area (Å²) in [7, 11) is 0. The number of hydrogen-bond acceptors (Lipinski definition) is 2. The molecule has 0 bridgehead atoms. The van der Waals surface area contributed by atoms with Crippen LogP contribution in [0, 0.1) is 35.0 Å². The molecule has 0 amide bonds. The molecule has 4 aliphatic carbocycles. The molecule has 4 rings (SSSR count). The highest BCUT2D eigenvalue weighted by molar-refractivity contribution is 5.93.